The summed E-state index contributed by atoms with van der Waals surface area (Å²) in [5, 5.41) is 9.14. The van der Waals surface area contributed by atoms with Crippen LogP contribution in [0.25, 0.3) is 0 Å². The summed E-state index contributed by atoms with van der Waals surface area (Å²) in [7, 11) is 0. The van der Waals surface area contributed by atoms with Crippen molar-refractivity contribution < 1.29 is 23.9 Å². The summed E-state index contributed by atoms with van der Waals surface area (Å²) in [6.45, 7) is 4.79. The van der Waals surface area contributed by atoms with Crippen LogP contribution in [0.15, 0.2) is 47.6 Å². The van der Waals surface area contributed by atoms with Gasteiger partial charge in [0.25, 0.3) is 5.91 Å². The first-order chi connectivity index (χ1) is 15.9. The van der Waals surface area contributed by atoms with Crippen LogP contribution in [0.3, 0.4) is 0 Å². The molecule has 0 aromatic heterocycles. The van der Waals surface area contributed by atoms with E-state index in [1.54, 1.807) is 24.3 Å². The number of benzene rings is 2. The van der Waals surface area contributed by atoms with E-state index in [4.69, 9.17) is 9.47 Å². The minimum absolute atomic E-state index is 0.0382. The Labute approximate surface area is 192 Å². The first-order valence-electron chi connectivity index (χ1n) is 10.7. The summed E-state index contributed by atoms with van der Waals surface area (Å²) in [6.07, 6.45) is 3.20. The van der Waals surface area contributed by atoms with Crippen molar-refractivity contribution in [2.75, 3.05) is 25.1 Å². The van der Waals surface area contributed by atoms with Crippen LogP contribution in [0.4, 0.5) is 5.69 Å². The summed E-state index contributed by atoms with van der Waals surface area (Å²) < 4.78 is 10.9. The van der Waals surface area contributed by atoms with Crippen LogP contribution in [-0.4, -0.2) is 49.8 Å². The van der Waals surface area contributed by atoms with E-state index >= 15 is 0 Å². The number of carbonyl (C=O) groups is 3. The molecule has 9 nitrogen and oxygen atoms in total. The number of amides is 3. The number of rotatable bonds is 8. The number of hydrogen-bond donors (Lipinski definition) is 3. The van der Waals surface area contributed by atoms with Crippen molar-refractivity contribution in [2.24, 2.45) is 5.10 Å². The minimum atomic E-state index is -0.848. The number of hydrazone groups is 1. The summed E-state index contributed by atoms with van der Waals surface area (Å²) in [5.74, 6) is -1.35. The number of hydrogen-bond acceptors (Lipinski definition) is 6. The maximum Gasteiger partial charge on any atom is 0.329 e. The SMILES string of the molecule is Cc1ccc(NC(=O)COc2ccc(/C=N\NC(=O)C(=O)NC[C@@H]3CCCO3)cc2)c(C)c1. The fraction of sp³-hybridized carbons (Fsp3) is 0.333. The lowest BCUT2D eigenvalue weighted by Crippen LogP contribution is -2.41. The highest BCUT2D eigenvalue weighted by Crippen LogP contribution is 2.16. The zero-order chi connectivity index (χ0) is 23.6. The Bertz CT molecular complexity index is 1010. The molecule has 0 unspecified atom stereocenters. The molecule has 1 aliphatic heterocycles. The summed E-state index contributed by atoms with van der Waals surface area (Å²) in [5.41, 5.74) is 5.73. The quantitative estimate of drug-likeness (QED) is 0.322. The third kappa shape index (κ3) is 7.73. The van der Waals surface area contributed by atoms with Gasteiger partial charge in [0.2, 0.25) is 0 Å². The predicted octanol–water partition coefficient (Wildman–Crippen LogP) is 2.07. The highest BCUT2D eigenvalue weighted by atomic mass is 16.5. The molecule has 3 amide bonds. The van der Waals surface area contributed by atoms with Crippen molar-refractivity contribution in [3.05, 3.63) is 59.2 Å². The lowest BCUT2D eigenvalue weighted by Gasteiger charge is -2.10. The average molecular weight is 453 g/mol. The molecule has 2 aromatic carbocycles. The zero-order valence-electron chi connectivity index (χ0n) is 18.7. The second-order valence-corrected chi connectivity index (χ2v) is 7.77. The smallest absolute Gasteiger partial charge is 0.329 e. The number of ether oxygens (including phenoxy) is 2. The van der Waals surface area contributed by atoms with E-state index in [1.165, 1.54) is 6.21 Å². The molecule has 0 spiro atoms. The van der Waals surface area contributed by atoms with Crippen molar-refractivity contribution in [3.8, 4) is 5.75 Å². The van der Waals surface area contributed by atoms with E-state index in [0.717, 1.165) is 29.7 Å². The molecule has 2 aromatic rings. The van der Waals surface area contributed by atoms with Crippen LogP contribution in [0.1, 0.15) is 29.5 Å². The van der Waals surface area contributed by atoms with Gasteiger partial charge in [0.15, 0.2) is 6.61 Å². The Morgan fingerprint density at radius 1 is 1.12 bits per heavy atom. The molecule has 33 heavy (non-hydrogen) atoms. The van der Waals surface area contributed by atoms with Crippen molar-refractivity contribution in [1.82, 2.24) is 10.7 Å². The number of carbonyl (C=O) groups excluding carboxylic acids is 3. The van der Waals surface area contributed by atoms with Crippen molar-refractivity contribution in [3.63, 3.8) is 0 Å². The van der Waals surface area contributed by atoms with Gasteiger partial charge >= 0.3 is 11.8 Å². The molecule has 1 atom stereocenters. The molecule has 1 aliphatic rings. The highest BCUT2D eigenvalue weighted by Gasteiger charge is 2.18. The van der Waals surface area contributed by atoms with Crippen LogP contribution >= 0.6 is 0 Å². The standard InChI is InChI=1S/C24H28N4O5/c1-16-5-10-21(17(2)12-16)27-22(29)15-33-19-8-6-18(7-9-19)13-26-28-24(31)23(30)25-14-20-4-3-11-32-20/h5-10,12-13,20H,3-4,11,14-15H2,1-2H3,(H,25,30)(H,27,29)(H,28,31)/b26-13-/t20-/m0/s1. The largest absolute Gasteiger partial charge is 0.484 e. The molecule has 0 aliphatic carbocycles. The van der Waals surface area contributed by atoms with E-state index in [1.807, 2.05) is 32.0 Å². The van der Waals surface area contributed by atoms with E-state index in [2.05, 4.69) is 21.2 Å². The molecule has 0 radical (unpaired) electrons. The lowest BCUT2D eigenvalue weighted by molar-refractivity contribution is -0.139. The van der Waals surface area contributed by atoms with Gasteiger partial charge in [-0.2, -0.15) is 5.10 Å². The van der Waals surface area contributed by atoms with Crippen LogP contribution < -0.4 is 20.8 Å². The molecule has 3 rings (SSSR count). The second kappa shape index (κ2) is 11.8. The average Bonchev–Trinajstić information content (AvgIpc) is 3.32. The van der Waals surface area contributed by atoms with E-state index in [9.17, 15) is 14.4 Å². The van der Waals surface area contributed by atoms with E-state index < -0.39 is 11.8 Å². The Morgan fingerprint density at radius 2 is 1.91 bits per heavy atom. The normalized spacial score (nSPS) is 15.3. The molecule has 9 heteroatoms. The third-order valence-corrected chi connectivity index (χ3v) is 5.01. The van der Waals surface area contributed by atoms with Crippen molar-refractivity contribution in [2.45, 2.75) is 32.8 Å². The maximum absolute atomic E-state index is 12.1. The zero-order valence-corrected chi connectivity index (χ0v) is 18.7. The van der Waals surface area contributed by atoms with Gasteiger partial charge in [-0.1, -0.05) is 17.7 Å². The van der Waals surface area contributed by atoms with Crippen LogP contribution in [0.2, 0.25) is 0 Å². The number of nitrogens with one attached hydrogen (secondary N) is 3. The Kier molecular flexibility index (Phi) is 8.54. The van der Waals surface area contributed by atoms with Gasteiger partial charge in [0.05, 0.1) is 12.3 Å². The van der Waals surface area contributed by atoms with Crippen LogP contribution in [0.5, 0.6) is 5.75 Å². The summed E-state index contributed by atoms with van der Waals surface area (Å²) in [4.78, 5) is 35.7. The van der Waals surface area contributed by atoms with E-state index in [-0.39, 0.29) is 18.6 Å². The molecule has 3 N–H and O–H groups in total. The molecule has 0 saturated carbocycles. The monoisotopic (exact) mass is 452 g/mol. The van der Waals surface area contributed by atoms with Crippen molar-refractivity contribution in [1.29, 1.82) is 0 Å². The maximum atomic E-state index is 12.1. The molecule has 1 saturated heterocycles. The topological polar surface area (TPSA) is 118 Å². The van der Waals surface area contributed by atoms with Gasteiger partial charge < -0.3 is 20.1 Å². The minimum Gasteiger partial charge on any atom is -0.484 e. The molecule has 1 heterocycles. The van der Waals surface area contributed by atoms with Gasteiger partial charge in [-0.05, 0) is 68.1 Å². The van der Waals surface area contributed by atoms with Crippen LogP contribution in [-0.2, 0) is 19.1 Å². The highest BCUT2D eigenvalue weighted by molar-refractivity contribution is 6.35. The first kappa shape index (κ1) is 23.9. The Balaban J connectivity index is 1.39. The molecular weight excluding hydrogens is 424 g/mol. The first-order valence-corrected chi connectivity index (χ1v) is 10.7. The van der Waals surface area contributed by atoms with Crippen LogP contribution in [0, 0.1) is 13.8 Å². The summed E-state index contributed by atoms with van der Waals surface area (Å²) in [6, 6.07) is 12.6. The molecular formula is C24H28N4O5. The third-order valence-electron chi connectivity index (χ3n) is 5.01. The Hall–Kier alpha value is -3.72. The lowest BCUT2D eigenvalue weighted by atomic mass is 10.1. The summed E-state index contributed by atoms with van der Waals surface area (Å²) >= 11 is 0. The number of anilines is 1. The number of aryl methyl sites for hydroxylation is 2. The van der Waals surface area contributed by atoms with Gasteiger partial charge in [-0.3, -0.25) is 14.4 Å². The second-order valence-electron chi connectivity index (χ2n) is 7.77. The van der Waals surface area contributed by atoms with Gasteiger partial charge in [-0.25, -0.2) is 5.43 Å². The Morgan fingerprint density at radius 3 is 2.61 bits per heavy atom. The molecule has 1 fully saturated rings. The number of nitrogens with zero attached hydrogens (tertiary/aromatic N) is 1. The van der Waals surface area contributed by atoms with Gasteiger partial charge in [0, 0.05) is 18.8 Å². The van der Waals surface area contributed by atoms with Gasteiger partial charge in [-0.15, -0.1) is 0 Å². The van der Waals surface area contributed by atoms with Gasteiger partial charge in [0.1, 0.15) is 5.75 Å². The molecule has 0 bridgehead atoms. The van der Waals surface area contributed by atoms with E-state index in [0.29, 0.717) is 24.5 Å². The fourth-order valence-electron chi connectivity index (χ4n) is 3.25. The molecule has 174 valence electrons. The predicted molar refractivity (Wildman–Crippen MR) is 124 cm³/mol. The fourth-order valence-corrected chi connectivity index (χ4v) is 3.25. The van der Waals surface area contributed by atoms with Crippen molar-refractivity contribution >= 4 is 29.6 Å².